The fourth-order valence-corrected chi connectivity index (χ4v) is 2.33. The molecular formula is C14H22N4O4. The SMILES string of the molecule is CCOc1cc(N2CCN(C(=O)C(OC)OC)CC2)ncn1. The molecule has 22 heavy (non-hydrogen) atoms. The molecule has 8 heteroatoms. The minimum atomic E-state index is -0.838. The van der Waals surface area contributed by atoms with Gasteiger partial charge < -0.3 is 24.0 Å². The first-order chi connectivity index (χ1) is 10.7. The van der Waals surface area contributed by atoms with Gasteiger partial charge in [0.1, 0.15) is 12.1 Å². The first kappa shape index (κ1) is 16.4. The van der Waals surface area contributed by atoms with Crippen molar-refractivity contribution in [2.45, 2.75) is 13.2 Å². The predicted molar refractivity (Wildman–Crippen MR) is 79.8 cm³/mol. The van der Waals surface area contributed by atoms with Crippen molar-refractivity contribution in [3.8, 4) is 5.88 Å². The lowest BCUT2D eigenvalue weighted by molar-refractivity contribution is -0.170. The van der Waals surface area contributed by atoms with Crippen molar-refractivity contribution in [2.75, 3.05) is 51.9 Å². The van der Waals surface area contributed by atoms with Crippen molar-refractivity contribution >= 4 is 11.7 Å². The largest absolute Gasteiger partial charge is 0.478 e. The highest BCUT2D eigenvalue weighted by Gasteiger charge is 2.27. The normalized spacial score (nSPS) is 15.3. The summed E-state index contributed by atoms with van der Waals surface area (Å²) in [5.41, 5.74) is 0. The summed E-state index contributed by atoms with van der Waals surface area (Å²) >= 11 is 0. The van der Waals surface area contributed by atoms with Gasteiger partial charge in [0.2, 0.25) is 12.2 Å². The number of anilines is 1. The molecule has 8 nitrogen and oxygen atoms in total. The molecule has 1 amide bonds. The van der Waals surface area contributed by atoms with E-state index >= 15 is 0 Å². The number of nitrogens with zero attached hydrogens (tertiary/aromatic N) is 4. The van der Waals surface area contributed by atoms with Gasteiger partial charge in [0, 0.05) is 46.5 Å². The summed E-state index contributed by atoms with van der Waals surface area (Å²) in [6.07, 6.45) is 0.652. The fraction of sp³-hybridized carbons (Fsp3) is 0.643. The van der Waals surface area contributed by atoms with E-state index < -0.39 is 6.29 Å². The third-order valence-corrected chi connectivity index (χ3v) is 3.46. The number of piperazine rings is 1. The number of hydrogen-bond acceptors (Lipinski definition) is 7. The summed E-state index contributed by atoms with van der Waals surface area (Å²) in [6.45, 7) is 5.04. The molecule has 1 fully saturated rings. The first-order valence-corrected chi connectivity index (χ1v) is 7.23. The van der Waals surface area contributed by atoms with Gasteiger partial charge in [-0.2, -0.15) is 0 Å². The highest BCUT2D eigenvalue weighted by molar-refractivity contribution is 5.80. The Morgan fingerprint density at radius 3 is 2.50 bits per heavy atom. The van der Waals surface area contributed by atoms with Crippen LogP contribution in [0.15, 0.2) is 12.4 Å². The standard InChI is InChI=1S/C14H22N4O4/c1-4-22-12-9-11(15-10-16-12)17-5-7-18(8-6-17)13(19)14(20-2)21-3/h9-10,14H,4-8H2,1-3H3. The van der Waals surface area contributed by atoms with Crippen molar-refractivity contribution in [3.63, 3.8) is 0 Å². The zero-order chi connectivity index (χ0) is 15.9. The van der Waals surface area contributed by atoms with E-state index in [9.17, 15) is 4.79 Å². The van der Waals surface area contributed by atoms with Gasteiger partial charge in [-0.15, -0.1) is 0 Å². The van der Waals surface area contributed by atoms with Crippen LogP contribution in [-0.2, 0) is 14.3 Å². The summed E-state index contributed by atoms with van der Waals surface area (Å²) < 4.78 is 15.4. The molecule has 122 valence electrons. The Morgan fingerprint density at radius 2 is 1.91 bits per heavy atom. The van der Waals surface area contributed by atoms with E-state index in [1.165, 1.54) is 20.5 Å². The molecule has 0 spiro atoms. The number of hydrogen-bond donors (Lipinski definition) is 0. The summed E-state index contributed by atoms with van der Waals surface area (Å²) in [4.78, 5) is 24.3. The zero-order valence-electron chi connectivity index (χ0n) is 13.2. The lowest BCUT2D eigenvalue weighted by Gasteiger charge is -2.36. The van der Waals surface area contributed by atoms with Crippen molar-refractivity contribution in [3.05, 3.63) is 12.4 Å². The molecule has 1 aliphatic heterocycles. The number of aromatic nitrogens is 2. The molecule has 0 aromatic carbocycles. The van der Waals surface area contributed by atoms with Crippen molar-refractivity contribution < 1.29 is 19.0 Å². The molecule has 0 unspecified atom stereocenters. The smallest absolute Gasteiger partial charge is 0.279 e. The molecule has 2 rings (SSSR count). The molecule has 0 atom stereocenters. The number of carbonyl (C=O) groups is 1. The van der Waals surface area contributed by atoms with E-state index in [0.717, 1.165) is 5.82 Å². The topological polar surface area (TPSA) is 77.0 Å². The molecule has 0 aliphatic carbocycles. The second-order valence-electron chi connectivity index (χ2n) is 4.76. The number of rotatable bonds is 6. The predicted octanol–water partition coefficient (Wildman–Crippen LogP) is 0.143. The maximum atomic E-state index is 12.2. The molecule has 0 bridgehead atoms. The Labute approximate surface area is 130 Å². The quantitative estimate of drug-likeness (QED) is 0.692. The Hall–Kier alpha value is -1.93. The van der Waals surface area contributed by atoms with Crippen LogP contribution in [0, 0.1) is 0 Å². The average Bonchev–Trinajstić information content (AvgIpc) is 2.56. The van der Waals surface area contributed by atoms with Crippen LogP contribution >= 0.6 is 0 Å². The van der Waals surface area contributed by atoms with Crippen LogP contribution in [-0.4, -0.2) is 74.1 Å². The number of methoxy groups -OCH3 is 2. The monoisotopic (exact) mass is 310 g/mol. The summed E-state index contributed by atoms with van der Waals surface area (Å²) in [5, 5.41) is 0. The second kappa shape index (κ2) is 7.90. The molecule has 0 saturated carbocycles. The van der Waals surface area contributed by atoms with Crippen LogP contribution in [0.3, 0.4) is 0 Å². The lowest BCUT2D eigenvalue weighted by Crippen LogP contribution is -2.52. The van der Waals surface area contributed by atoms with Gasteiger partial charge in [0.05, 0.1) is 6.61 Å². The van der Waals surface area contributed by atoms with E-state index in [1.807, 2.05) is 13.0 Å². The molecular weight excluding hydrogens is 288 g/mol. The van der Waals surface area contributed by atoms with Gasteiger partial charge in [-0.05, 0) is 6.92 Å². The van der Waals surface area contributed by atoms with Gasteiger partial charge >= 0.3 is 0 Å². The number of amides is 1. The number of ether oxygens (including phenoxy) is 3. The Kier molecular flexibility index (Phi) is 5.91. The maximum Gasteiger partial charge on any atom is 0.279 e. The Morgan fingerprint density at radius 1 is 1.23 bits per heavy atom. The van der Waals surface area contributed by atoms with Crippen LogP contribution in [0.5, 0.6) is 5.88 Å². The summed E-state index contributed by atoms with van der Waals surface area (Å²) in [6, 6.07) is 1.81. The summed E-state index contributed by atoms with van der Waals surface area (Å²) in [5.74, 6) is 1.22. The van der Waals surface area contributed by atoms with Gasteiger partial charge in [-0.25, -0.2) is 9.97 Å². The van der Waals surface area contributed by atoms with Gasteiger partial charge in [-0.1, -0.05) is 0 Å². The third kappa shape index (κ3) is 3.83. The van der Waals surface area contributed by atoms with Crippen molar-refractivity contribution in [2.24, 2.45) is 0 Å². The lowest BCUT2D eigenvalue weighted by atomic mass is 10.3. The zero-order valence-corrected chi connectivity index (χ0v) is 13.2. The molecule has 1 aliphatic rings. The minimum Gasteiger partial charge on any atom is -0.478 e. The first-order valence-electron chi connectivity index (χ1n) is 7.23. The van der Waals surface area contributed by atoms with E-state index in [-0.39, 0.29) is 5.91 Å². The highest BCUT2D eigenvalue weighted by atomic mass is 16.7. The van der Waals surface area contributed by atoms with E-state index in [0.29, 0.717) is 38.7 Å². The Balaban J connectivity index is 1.94. The number of carbonyl (C=O) groups excluding carboxylic acids is 1. The van der Waals surface area contributed by atoms with Crippen LogP contribution in [0.1, 0.15) is 6.92 Å². The molecule has 1 saturated heterocycles. The van der Waals surface area contributed by atoms with Crippen LogP contribution < -0.4 is 9.64 Å². The van der Waals surface area contributed by atoms with Gasteiger partial charge in [0.15, 0.2) is 0 Å². The highest BCUT2D eigenvalue weighted by Crippen LogP contribution is 2.18. The second-order valence-corrected chi connectivity index (χ2v) is 4.76. The van der Waals surface area contributed by atoms with Crippen molar-refractivity contribution in [1.29, 1.82) is 0 Å². The third-order valence-electron chi connectivity index (χ3n) is 3.46. The van der Waals surface area contributed by atoms with E-state index in [4.69, 9.17) is 14.2 Å². The van der Waals surface area contributed by atoms with E-state index in [1.54, 1.807) is 4.90 Å². The van der Waals surface area contributed by atoms with E-state index in [2.05, 4.69) is 14.9 Å². The van der Waals surface area contributed by atoms with Crippen molar-refractivity contribution in [1.82, 2.24) is 14.9 Å². The van der Waals surface area contributed by atoms with Gasteiger partial charge in [-0.3, -0.25) is 4.79 Å². The molecule has 0 N–H and O–H groups in total. The summed E-state index contributed by atoms with van der Waals surface area (Å²) in [7, 11) is 2.91. The minimum absolute atomic E-state index is 0.151. The molecule has 0 radical (unpaired) electrons. The van der Waals surface area contributed by atoms with Crippen LogP contribution in [0.25, 0.3) is 0 Å². The molecule has 1 aromatic rings. The fourth-order valence-electron chi connectivity index (χ4n) is 2.33. The maximum absolute atomic E-state index is 12.2. The van der Waals surface area contributed by atoms with Gasteiger partial charge in [0.25, 0.3) is 5.91 Å². The van der Waals surface area contributed by atoms with Crippen LogP contribution in [0.2, 0.25) is 0 Å². The molecule has 1 aromatic heterocycles. The molecule has 2 heterocycles. The average molecular weight is 310 g/mol. The van der Waals surface area contributed by atoms with Crippen LogP contribution in [0.4, 0.5) is 5.82 Å². The Bertz CT molecular complexity index is 487.